The first kappa shape index (κ1) is 12.9. The number of nitrogens with one attached hydrogen (secondary N) is 1. The maximum atomic E-state index is 11.3. The summed E-state index contributed by atoms with van der Waals surface area (Å²) >= 11 is 0. The Morgan fingerprint density at radius 2 is 2.36 bits per heavy atom. The summed E-state index contributed by atoms with van der Waals surface area (Å²) in [4.78, 5) is 12.9. The van der Waals surface area contributed by atoms with Gasteiger partial charge in [-0.1, -0.05) is 5.92 Å². The summed E-state index contributed by atoms with van der Waals surface area (Å²) in [6, 6.07) is 0. The molecule has 0 spiro atoms. The standard InChI is InChI=1S/C10H18N2O2/c1-4-6-11-8-10(14)12(3)7-5-9(2)13/h1,9,11,13H,5-8H2,2-3H3. The van der Waals surface area contributed by atoms with Gasteiger partial charge in [-0.3, -0.25) is 10.1 Å². The van der Waals surface area contributed by atoms with Crippen LogP contribution in [0.2, 0.25) is 0 Å². The van der Waals surface area contributed by atoms with Gasteiger partial charge in [-0.05, 0) is 13.3 Å². The second kappa shape index (κ2) is 7.36. The molecule has 4 nitrogen and oxygen atoms in total. The molecular formula is C10H18N2O2. The molecule has 0 saturated carbocycles. The lowest BCUT2D eigenvalue weighted by molar-refractivity contribution is -0.129. The lowest BCUT2D eigenvalue weighted by Crippen LogP contribution is -2.36. The first-order chi connectivity index (χ1) is 6.57. The summed E-state index contributed by atoms with van der Waals surface area (Å²) < 4.78 is 0. The number of hydrogen-bond acceptors (Lipinski definition) is 3. The van der Waals surface area contributed by atoms with Crippen molar-refractivity contribution >= 4 is 5.91 Å². The zero-order valence-corrected chi connectivity index (χ0v) is 8.79. The van der Waals surface area contributed by atoms with E-state index in [1.165, 1.54) is 0 Å². The van der Waals surface area contributed by atoms with Crippen molar-refractivity contribution in [1.82, 2.24) is 10.2 Å². The highest BCUT2D eigenvalue weighted by atomic mass is 16.3. The molecule has 2 N–H and O–H groups in total. The maximum absolute atomic E-state index is 11.3. The Kier molecular flexibility index (Phi) is 6.81. The fourth-order valence-corrected chi connectivity index (χ4v) is 0.882. The maximum Gasteiger partial charge on any atom is 0.236 e. The number of nitrogens with zero attached hydrogens (tertiary/aromatic N) is 1. The van der Waals surface area contributed by atoms with Crippen LogP contribution in [0.25, 0.3) is 0 Å². The van der Waals surface area contributed by atoms with Crippen molar-refractivity contribution in [3.63, 3.8) is 0 Å². The van der Waals surface area contributed by atoms with E-state index in [-0.39, 0.29) is 18.6 Å². The van der Waals surface area contributed by atoms with Crippen molar-refractivity contribution in [3.8, 4) is 12.3 Å². The van der Waals surface area contributed by atoms with Crippen LogP contribution >= 0.6 is 0 Å². The number of aliphatic hydroxyl groups is 1. The first-order valence-corrected chi connectivity index (χ1v) is 4.64. The third-order valence-corrected chi connectivity index (χ3v) is 1.81. The van der Waals surface area contributed by atoms with Gasteiger partial charge in [0.05, 0.1) is 19.2 Å². The van der Waals surface area contributed by atoms with E-state index < -0.39 is 0 Å². The molecule has 0 bridgehead atoms. The lowest BCUT2D eigenvalue weighted by atomic mass is 10.3. The third-order valence-electron chi connectivity index (χ3n) is 1.81. The molecule has 0 aliphatic heterocycles. The predicted octanol–water partition coefficient (Wildman–Crippen LogP) is -0.561. The van der Waals surface area contributed by atoms with Crippen LogP contribution in [0.1, 0.15) is 13.3 Å². The quantitative estimate of drug-likeness (QED) is 0.444. The smallest absolute Gasteiger partial charge is 0.236 e. The minimum atomic E-state index is -0.371. The molecule has 0 radical (unpaired) electrons. The van der Waals surface area contributed by atoms with E-state index >= 15 is 0 Å². The van der Waals surface area contributed by atoms with E-state index in [2.05, 4.69) is 11.2 Å². The van der Waals surface area contributed by atoms with Gasteiger partial charge < -0.3 is 10.0 Å². The molecule has 0 aromatic carbocycles. The predicted molar refractivity (Wildman–Crippen MR) is 55.6 cm³/mol. The number of hydrogen-bond donors (Lipinski definition) is 2. The van der Waals surface area contributed by atoms with Crippen LogP contribution in [-0.4, -0.2) is 48.7 Å². The fourth-order valence-electron chi connectivity index (χ4n) is 0.882. The molecule has 80 valence electrons. The summed E-state index contributed by atoms with van der Waals surface area (Å²) in [5, 5.41) is 11.8. The monoisotopic (exact) mass is 198 g/mol. The van der Waals surface area contributed by atoms with Crippen LogP contribution in [0.15, 0.2) is 0 Å². The van der Waals surface area contributed by atoms with Gasteiger partial charge in [0.1, 0.15) is 0 Å². The van der Waals surface area contributed by atoms with Crippen LogP contribution in [-0.2, 0) is 4.79 Å². The highest BCUT2D eigenvalue weighted by Gasteiger charge is 2.08. The number of carbonyl (C=O) groups excluding carboxylic acids is 1. The minimum Gasteiger partial charge on any atom is -0.393 e. The molecule has 0 rings (SSSR count). The van der Waals surface area contributed by atoms with Crippen LogP contribution in [0, 0.1) is 12.3 Å². The molecule has 0 saturated heterocycles. The average molecular weight is 198 g/mol. The topological polar surface area (TPSA) is 52.6 Å². The van der Waals surface area contributed by atoms with Gasteiger partial charge >= 0.3 is 0 Å². The normalized spacial score (nSPS) is 11.9. The summed E-state index contributed by atoms with van der Waals surface area (Å²) in [6.45, 7) is 2.92. The van der Waals surface area contributed by atoms with Crippen molar-refractivity contribution in [2.24, 2.45) is 0 Å². The van der Waals surface area contributed by atoms with E-state index in [1.807, 2.05) is 0 Å². The molecule has 0 fully saturated rings. The molecule has 0 aromatic heterocycles. The molecule has 0 aliphatic carbocycles. The highest BCUT2D eigenvalue weighted by Crippen LogP contribution is 1.93. The second-order valence-corrected chi connectivity index (χ2v) is 3.26. The third kappa shape index (κ3) is 6.46. The summed E-state index contributed by atoms with van der Waals surface area (Å²) in [6.07, 6.45) is 5.24. The Morgan fingerprint density at radius 1 is 1.71 bits per heavy atom. The molecule has 0 aromatic rings. The summed E-state index contributed by atoms with van der Waals surface area (Å²) in [7, 11) is 1.71. The average Bonchev–Trinajstić information content (AvgIpc) is 2.14. The Morgan fingerprint density at radius 3 is 2.86 bits per heavy atom. The van der Waals surface area contributed by atoms with Gasteiger partial charge in [0.25, 0.3) is 0 Å². The highest BCUT2D eigenvalue weighted by molar-refractivity contribution is 5.77. The number of amides is 1. The van der Waals surface area contributed by atoms with Crippen LogP contribution < -0.4 is 5.32 Å². The largest absolute Gasteiger partial charge is 0.393 e. The van der Waals surface area contributed by atoms with Crippen LogP contribution in [0.3, 0.4) is 0 Å². The van der Waals surface area contributed by atoms with Crippen molar-refractivity contribution in [2.45, 2.75) is 19.4 Å². The number of carbonyl (C=O) groups is 1. The van der Waals surface area contributed by atoms with Crippen molar-refractivity contribution in [2.75, 3.05) is 26.7 Å². The zero-order chi connectivity index (χ0) is 11.0. The molecule has 1 atom stereocenters. The van der Waals surface area contributed by atoms with Crippen LogP contribution in [0.4, 0.5) is 0 Å². The van der Waals surface area contributed by atoms with Gasteiger partial charge in [-0.25, -0.2) is 0 Å². The molecule has 1 amide bonds. The number of rotatable bonds is 6. The van der Waals surface area contributed by atoms with Gasteiger partial charge in [-0.2, -0.15) is 0 Å². The fraction of sp³-hybridized carbons (Fsp3) is 0.700. The van der Waals surface area contributed by atoms with E-state index in [0.717, 1.165) is 0 Å². The van der Waals surface area contributed by atoms with Gasteiger partial charge in [0, 0.05) is 13.6 Å². The Balaban J connectivity index is 3.61. The lowest BCUT2D eigenvalue weighted by Gasteiger charge is -2.17. The van der Waals surface area contributed by atoms with Gasteiger partial charge in [0.15, 0.2) is 0 Å². The van der Waals surface area contributed by atoms with Crippen molar-refractivity contribution < 1.29 is 9.90 Å². The Bertz CT molecular complexity index is 209. The van der Waals surface area contributed by atoms with E-state index in [0.29, 0.717) is 19.5 Å². The molecule has 4 heteroatoms. The Labute approximate surface area is 85.3 Å². The van der Waals surface area contributed by atoms with Crippen LogP contribution in [0.5, 0.6) is 0 Å². The molecule has 0 heterocycles. The summed E-state index contributed by atoms with van der Waals surface area (Å²) in [5.74, 6) is 2.38. The molecule has 0 aliphatic rings. The number of likely N-dealkylation sites (N-methyl/N-ethyl adjacent to an activating group) is 1. The van der Waals surface area contributed by atoms with Gasteiger partial charge in [0.2, 0.25) is 5.91 Å². The summed E-state index contributed by atoms with van der Waals surface area (Å²) in [5.41, 5.74) is 0. The second-order valence-electron chi connectivity index (χ2n) is 3.26. The van der Waals surface area contributed by atoms with Gasteiger partial charge in [-0.15, -0.1) is 6.42 Å². The number of aliphatic hydroxyl groups excluding tert-OH is 1. The van der Waals surface area contributed by atoms with E-state index in [9.17, 15) is 4.79 Å². The van der Waals surface area contributed by atoms with E-state index in [1.54, 1.807) is 18.9 Å². The molecular weight excluding hydrogens is 180 g/mol. The molecule has 1 unspecified atom stereocenters. The Hall–Kier alpha value is -1.05. The minimum absolute atomic E-state index is 0.0131. The molecule has 14 heavy (non-hydrogen) atoms. The van der Waals surface area contributed by atoms with Crippen molar-refractivity contribution in [3.05, 3.63) is 0 Å². The zero-order valence-electron chi connectivity index (χ0n) is 8.79. The first-order valence-electron chi connectivity index (χ1n) is 4.64. The SMILES string of the molecule is C#CCNCC(=O)N(C)CCC(C)O. The number of terminal acetylenes is 1. The van der Waals surface area contributed by atoms with Crippen molar-refractivity contribution in [1.29, 1.82) is 0 Å². The van der Waals surface area contributed by atoms with E-state index in [4.69, 9.17) is 11.5 Å².